The molecule has 0 unspecified atom stereocenters. The quantitative estimate of drug-likeness (QED) is 0.739. The summed E-state index contributed by atoms with van der Waals surface area (Å²) in [5.74, 6) is 0.269. The molecule has 15 heavy (non-hydrogen) atoms. The van der Waals surface area contributed by atoms with Crippen LogP contribution in [0.2, 0.25) is 5.22 Å². The normalized spacial score (nSPS) is 19.5. The Kier molecular flexibility index (Phi) is 2.51. The number of rotatable bonds is 1. The lowest BCUT2D eigenvalue weighted by atomic mass is 9.93. The summed E-state index contributed by atoms with van der Waals surface area (Å²) in [5, 5.41) is 0.261. The summed E-state index contributed by atoms with van der Waals surface area (Å²) in [5.41, 5.74) is 0.214. The van der Waals surface area contributed by atoms with Crippen LogP contribution >= 0.6 is 11.6 Å². The van der Waals surface area contributed by atoms with E-state index in [-0.39, 0.29) is 16.5 Å². The monoisotopic (exact) mass is 227 g/mol. The highest BCUT2D eigenvalue weighted by molar-refractivity contribution is 6.29. The molecule has 2 rings (SSSR count). The summed E-state index contributed by atoms with van der Waals surface area (Å²) in [6.07, 6.45) is 1.03. The number of nitrogens with zero attached hydrogens (tertiary/aromatic N) is 1. The van der Waals surface area contributed by atoms with Gasteiger partial charge in [0.15, 0.2) is 11.0 Å². The summed E-state index contributed by atoms with van der Waals surface area (Å²) in [6.45, 7) is 5.90. The largest absolute Gasteiger partial charge is 0.440 e. The highest BCUT2D eigenvalue weighted by Crippen LogP contribution is 2.30. The van der Waals surface area contributed by atoms with Crippen LogP contribution in [0.1, 0.15) is 30.8 Å². The molecule has 0 radical (unpaired) electrons. The average molecular weight is 228 g/mol. The molecule has 1 aliphatic heterocycles. The Labute approximate surface area is 94.0 Å². The fraction of sp³-hybridized carbons (Fsp3) is 0.545. The molecule has 0 aromatic carbocycles. The minimum atomic E-state index is -0.0625. The molecule has 1 aliphatic rings. The lowest BCUT2D eigenvalue weighted by molar-refractivity contribution is 0.0747. The number of halogens is 1. The first-order valence-electron chi connectivity index (χ1n) is 5.03. The van der Waals surface area contributed by atoms with Gasteiger partial charge in [-0.3, -0.25) is 4.79 Å². The van der Waals surface area contributed by atoms with Crippen LogP contribution in [0.3, 0.4) is 0 Å². The van der Waals surface area contributed by atoms with Crippen molar-refractivity contribution in [3.05, 3.63) is 23.1 Å². The first-order chi connectivity index (χ1) is 6.98. The van der Waals surface area contributed by atoms with Crippen LogP contribution in [0.25, 0.3) is 0 Å². The Morgan fingerprint density at radius 2 is 2.27 bits per heavy atom. The summed E-state index contributed by atoms with van der Waals surface area (Å²) < 4.78 is 5.10. The molecule has 0 saturated carbocycles. The molecule has 2 heterocycles. The Bertz CT molecular complexity index is 384. The maximum Gasteiger partial charge on any atom is 0.289 e. The predicted molar refractivity (Wildman–Crippen MR) is 58.0 cm³/mol. The van der Waals surface area contributed by atoms with Gasteiger partial charge in [0.2, 0.25) is 0 Å². The van der Waals surface area contributed by atoms with Gasteiger partial charge in [-0.25, -0.2) is 0 Å². The highest BCUT2D eigenvalue weighted by atomic mass is 35.5. The molecule has 0 atom stereocenters. The van der Waals surface area contributed by atoms with Crippen molar-refractivity contribution in [3.63, 3.8) is 0 Å². The van der Waals surface area contributed by atoms with Gasteiger partial charge in [0.25, 0.3) is 5.91 Å². The van der Waals surface area contributed by atoms with Crippen molar-refractivity contribution < 1.29 is 9.21 Å². The molecular formula is C11H14ClNO2. The maximum absolute atomic E-state index is 11.9. The second-order valence-electron chi connectivity index (χ2n) is 4.74. The van der Waals surface area contributed by atoms with Crippen LogP contribution in [0.4, 0.5) is 0 Å². The van der Waals surface area contributed by atoms with Crippen LogP contribution in [-0.4, -0.2) is 23.9 Å². The Morgan fingerprint density at radius 1 is 1.53 bits per heavy atom. The number of hydrogen-bond donors (Lipinski definition) is 0. The minimum Gasteiger partial charge on any atom is -0.440 e. The third kappa shape index (κ3) is 2.17. The molecule has 1 aromatic rings. The van der Waals surface area contributed by atoms with Crippen molar-refractivity contribution in [2.75, 3.05) is 13.1 Å². The molecule has 0 spiro atoms. The average Bonchev–Trinajstić information content (AvgIpc) is 2.71. The van der Waals surface area contributed by atoms with Crippen LogP contribution in [-0.2, 0) is 0 Å². The predicted octanol–water partition coefficient (Wildman–Crippen LogP) is 2.81. The topological polar surface area (TPSA) is 33.5 Å². The van der Waals surface area contributed by atoms with Gasteiger partial charge in [-0.05, 0) is 35.6 Å². The standard InChI is InChI=1S/C11H14ClNO2/c1-11(2)5-6-13(7-11)10(14)8-3-4-9(12)15-8/h3-4H,5-7H2,1-2H3. The number of hydrogen-bond acceptors (Lipinski definition) is 2. The molecule has 4 heteroatoms. The van der Waals surface area contributed by atoms with Gasteiger partial charge in [0.05, 0.1) is 0 Å². The van der Waals surface area contributed by atoms with Crippen molar-refractivity contribution in [3.8, 4) is 0 Å². The highest BCUT2D eigenvalue weighted by Gasteiger charge is 2.33. The van der Waals surface area contributed by atoms with E-state index in [1.54, 1.807) is 12.1 Å². The van der Waals surface area contributed by atoms with E-state index in [1.165, 1.54) is 0 Å². The van der Waals surface area contributed by atoms with E-state index in [0.29, 0.717) is 5.76 Å². The lowest BCUT2D eigenvalue weighted by Crippen LogP contribution is -2.29. The molecule has 0 N–H and O–H groups in total. The van der Waals surface area contributed by atoms with Gasteiger partial charge in [0, 0.05) is 13.1 Å². The Morgan fingerprint density at radius 3 is 2.73 bits per heavy atom. The van der Waals surface area contributed by atoms with Crippen LogP contribution in [0.15, 0.2) is 16.5 Å². The summed E-state index contributed by atoms with van der Waals surface area (Å²) in [7, 11) is 0. The zero-order chi connectivity index (χ0) is 11.1. The van der Waals surface area contributed by atoms with Gasteiger partial charge in [0.1, 0.15) is 0 Å². The molecule has 0 aliphatic carbocycles. The van der Waals surface area contributed by atoms with Gasteiger partial charge < -0.3 is 9.32 Å². The van der Waals surface area contributed by atoms with Gasteiger partial charge in [-0.2, -0.15) is 0 Å². The second kappa shape index (κ2) is 3.56. The third-order valence-electron chi connectivity index (χ3n) is 2.75. The fourth-order valence-corrected chi connectivity index (χ4v) is 2.02. The number of furan rings is 1. The molecular weight excluding hydrogens is 214 g/mol. The molecule has 1 fully saturated rings. The smallest absolute Gasteiger partial charge is 0.289 e. The number of carbonyl (C=O) groups is 1. The summed E-state index contributed by atoms with van der Waals surface area (Å²) in [6, 6.07) is 3.21. The zero-order valence-corrected chi connectivity index (χ0v) is 9.67. The third-order valence-corrected chi connectivity index (χ3v) is 2.95. The van der Waals surface area contributed by atoms with E-state index < -0.39 is 0 Å². The van der Waals surface area contributed by atoms with Crippen LogP contribution in [0.5, 0.6) is 0 Å². The summed E-state index contributed by atoms with van der Waals surface area (Å²) >= 11 is 5.63. The van der Waals surface area contributed by atoms with E-state index in [1.807, 2.05) is 4.90 Å². The maximum atomic E-state index is 11.9. The Balaban J connectivity index is 2.10. The minimum absolute atomic E-state index is 0.0625. The number of amides is 1. The SMILES string of the molecule is CC1(C)CCN(C(=O)c2ccc(Cl)o2)C1. The number of likely N-dealkylation sites (tertiary alicyclic amines) is 1. The molecule has 0 bridgehead atoms. The number of carbonyl (C=O) groups excluding carboxylic acids is 1. The van der Waals surface area contributed by atoms with Gasteiger partial charge in [-0.15, -0.1) is 0 Å². The van der Waals surface area contributed by atoms with Crippen molar-refractivity contribution in [1.82, 2.24) is 4.90 Å². The Hall–Kier alpha value is -0.960. The lowest BCUT2D eigenvalue weighted by Gasteiger charge is -2.18. The molecule has 1 aromatic heterocycles. The van der Waals surface area contributed by atoms with Crippen molar-refractivity contribution in [1.29, 1.82) is 0 Å². The van der Waals surface area contributed by atoms with Crippen LogP contribution in [0, 0.1) is 5.41 Å². The van der Waals surface area contributed by atoms with E-state index in [2.05, 4.69) is 13.8 Å². The van der Waals surface area contributed by atoms with E-state index in [4.69, 9.17) is 16.0 Å². The zero-order valence-electron chi connectivity index (χ0n) is 8.92. The van der Waals surface area contributed by atoms with Crippen molar-refractivity contribution in [2.24, 2.45) is 5.41 Å². The molecule has 3 nitrogen and oxygen atoms in total. The van der Waals surface area contributed by atoms with Gasteiger partial charge in [-0.1, -0.05) is 13.8 Å². The van der Waals surface area contributed by atoms with E-state index >= 15 is 0 Å². The second-order valence-corrected chi connectivity index (χ2v) is 5.12. The molecule has 82 valence electrons. The first kappa shape index (κ1) is 10.6. The fourth-order valence-electron chi connectivity index (χ4n) is 1.87. The first-order valence-corrected chi connectivity index (χ1v) is 5.40. The van der Waals surface area contributed by atoms with E-state index in [0.717, 1.165) is 19.5 Å². The summed E-state index contributed by atoms with van der Waals surface area (Å²) in [4.78, 5) is 13.7. The van der Waals surface area contributed by atoms with Crippen LogP contribution < -0.4 is 0 Å². The molecule has 1 amide bonds. The van der Waals surface area contributed by atoms with Crippen molar-refractivity contribution >= 4 is 17.5 Å². The molecule has 1 saturated heterocycles. The van der Waals surface area contributed by atoms with Gasteiger partial charge >= 0.3 is 0 Å². The van der Waals surface area contributed by atoms with E-state index in [9.17, 15) is 4.79 Å². The van der Waals surface area contributed by atoms with Crippen molar-refractivity contribution in [2.45, 2.75) is 20.3 Å².